The van der Waals surface area contributed by atoms with Crippen molar-refractivity contribution in [2.75, 3.05) is 14.2 Å². The number of benzene rings is 1. The van der Waals surface area contributed by atoms with Crippen molar-refractivity contribution in [2.45, 2.75) is 6.54 Å². The van der Waals surface area contributed by atoms with E-state index in [-0.39, 0.29) is 0 Å². The highest BCUT2D eigenvalue weighted by Crippen LogP contribution is 2.39. The Morgan fingerprint density at radius 1 is 1.18 bits per heavy atom. The third kappa shape index (κ3) is 2.22. The van der Waals surface area contributed by atoms with Crippen molar-refractivity contribution in [1.29, 1.82) is 0 Å². The Balaban J connectivity index is 2.55. The van der Waals surface area contributed by atoms with Gasteiger partial charge in [-0.2, -0.15) is 0 Å². The van der Waals surface area contributed by atoms with Gasteiger partial charge in [-0.3, -0.25) is 0 Å². The first kappa shape index (κ1) is 11.8. The van der Waals surface area contributed by atoms with Crippen LogP contribution in [0.25, 0.3) is 10.6 Å². The van der Waals surface area contributed by atoms with Crippen LogP contribution in [0.4, 0.5) is 0 Å². The Morgan fingerprint density at radius 2 is 1.82 bits per heavy atom. The van der Waals surface area contributed by atoms with Crippen LogP contribution in [0.1, 0.15) is 5.01 Å². The van der Waals surface area contributed by atoms with Crippen LogP contribution in [0.15, 0.2) is 18.2 Å². The zero-order chi connectivity index (χ0) is 12.3. The van der Waals surface area contributed by atoms with Crippen LogP contribution in [0.2, 0.25) is 0 Å². The van der Waals surface area contributed by atoms with Crippen LogP contribution >= 0.6 is 11.3 Å². The van der Waals surface area contributed by atoms with Gasteiger partial charge in [0.05, 0.1) is 19.8 Å². The fourth-order valence-electron chi connectivity index (χ4n) is 1.50. The zero-order valence-corrected chi connectivity index (χ0v) is 10.5. The first-order chi connectivity index (χ1) is 8.30. The van der Waals surface area contributed by atoms with E-state index >= 15 is 0 Å². The highest BCUT2D eigenvalue weighted by atomic mass is 32.1. The summed E-state index contributed by atoms with van der Waals surface area (Å²) in [6, 6.07) is 5.59. The van der Waals surface area contributed by atoms with Crippen molar-refractivity contribution in [1.82, 2.24) is 10.2 Å². The third-order valence-corrected chi connectivity index (χ3v) is 3.25. The van der Waals surface area contributed by atoms with Crippen molar-refractivity contribution >= 4 is 11.3 Å². The van der Waals surface area contributed by atoms with E-state index < -0.39 is 0 Å². The second-order valence-corrected chi connectivity index (χ2v) is 4.30. The van der Waals surface area contributed by atoms with Crippen molar-refractivity contribution < 1.29 is 9.47 Å². The Labute approximate surface area is 103 Å². The normalized spacial score (nSPS) is 10.3. The summed E-state index contributed by atoms with van der Waals surface area (Å²) < 4.78 is 10.6. The fourth-order valence-corrected chi connectivity index (χ4v) is 2.27. The van der Waals surface area contributed by atoms with E-state index in [0.717, 1.165) is 15.6 Å². The second-order valence-electron chi connectivity index (χ2n) is 3.24. The van der Waals surface area contributed by atoms with Crippen LogP contribution in [0.5, 0.6) is 11.5 Å². The predicted octanol–water partition coefficient (Wildman–Crippen LogP) is 1.68. The average Bonchev–Trinajstić information content (AvgIpc) is 2.86. The van der Waals surface area contributed by atoms with Crippen molar-refractivity contribution in [2.24, 2.45) is 5.73 Å². The molecule has 1 aromatic heterocycles. The molecule has 0 aliphatic carbocycles. The molecule has 0 aliphatic rings. The van der Waals surface area contributed by atoms with Gasteiger partial charge in [0.1, 0.15) is 16.5 Å². The molecule has 2 N–H and O–H groups in total. The molecule has 0 fully saturated rings. The molecule has 0 atom stereocenters. The SMILES string of the molecule is COc1cccc(OC)c1-c1nnc(CN)s1. The molecule has 0 amide bonds. The molecular weight excluding hydrogens is 238 g/mol. The van der Waals surface area contributed by atoms with Crippen LogP contribution in [-0.4, -0.2) is 24.4 Å². The molecular formula is C11H13N3O2S. The first-order valence-electron chi connectivity index (χ1n) is 5.04. The zero-order valence-electron chi connectivity index (χ0n) is 9.64. The number of hydrogen-bond acceptors (Lipinski definition) is 6. The maximum absolute atomic E-state index is 5.53. The molecule has 0 spiro atoms. The minimum atomic E-state index is 0.384. The van der Waals surface area contributed by atoms with Crippen molar-refractivity contribution in [3.05, 3.63) is 23.2 Å². The monoisotopic (exact) mass is 251 g/mol. The number of hydrogen-bond donors (Lipinski definition) is 1. The van der Waals surface area contributed by atoms with Gasteiger partial charge in [-0.25, -0.2) is 0 Å². The lowest BCUT2D eigenvalue weighted by atomic mass is 10.2. The standard InChI is InChI=1S/C11H13N3O2S/c1-15-7-4-3-5-8(16-2)10(7)11-14-13-9(6-12)17-11/h3-5H,6,12H2,1-2H3. The number of nitrogens with two attached hydrogens (primary N) is 1. The average molecular weight is 251 g/mol. The summed E-state index contributed by atoms with van der Waals surface area (Å²) in [5, 5.41) is 9.63. The Morgan fingerprint density at radius 3 is 2.29 bits per heavy atom. The van der Waals surface area contributed by atoms with Crippen LogP contribution in [0.3, 0.4) is 0 Å². The summed E-state index contributed by atoms with van der Waals surface area (Å²) >= 11 is 1.44. The molecule has 0 saturated heterocycles. The molecule has 2 aromatic rings. The Hall–Kier alpha value is -1.66. The van der Waals surface area contributed by atoms with E-state index in [9.17, 15) is 0 Å². The number of ether oxygens (including phenoxy) is 2. The van der Waals surface area contributed by atoms with Crippen LogP contribution in [-0.2, 0) is 6.54 Å². The van der Waals surface area contributed by atoms with E-state index in [1.807, 2.05) is 18.2 Å². The maximum atomic E-state index is 5.53. The molecule has 2 rings (SSSR count). The number of nitrogens with zero attached hydrogens (tertiary/aromatic N) is 2. The molecule has 5 nitrogen and oxygen atoms in total. The second kappa shape index (κ2) is 5.11. The smallest absolute Gasteiger partial charge is 0.155 e. The number of rotatable bonds is 4. The highest BCUT2D eigenvalue weighted by Gasteiger charge is 2.16. The van der Waals surface area contributed by atoms with E-state index in [1.165, 1.54) is 11.3 Å². The molecule has 0 saturated carbocycles. The van der Waals surface area contributed by atoms with Crippen molar-refractivity contribution in [3.63, 3.8) is 0 Å². The molecule has 90 valence electrons. The highest BCUT2D eigenvalue weighted by molar-refractivity contribution is 7.14. The van der Waals surface area contributed by atoms with E-state index in [2.05, 4.69) is 10.2 Å². The summed E-state index contributed by atoms with van der Waals surface area (Å²) in [7, 11) is 3.23. The quantitative estimate of drug-likeness (QED) is 0.895. The first-order valence-corrected chi connectivity index (χ1v) is 5.85. The molecule has 0 aliphatic heterocycles. The Kier molecular flexibility index (Phi) is 3.55. The van der Waals surface area contributed by atoms with E-state index in [1.54, 1.807) is 14.2 Å². The molecule has 0 radical (unpaired) electrons. The molecule has 0 unspecified atom stereocenters. The van der Waals surface area contributed by atoms with Crippen LogP contribution in [0, 0.1) is 0 Å². The lowest BCUT2D eigenvalue weighted by Gasteiger charge is -2.09. The summed E-state index contributed by atoms with van der Waals surface area (Å²) in [4.78, 5) is 0. The van der Waals surface area contributed by atoms with Gasteiger partial charge in [0.15, 0.2) is 5.01 Å². The molecule has 17 heavy (non-hydrogen) atoms. The van der Waals surface area contributed by atoms with Gasteiger partial charge < -0.3 is 15.2 Å². The number of aromatic nitrogens is 2. The lowest BCUT2D eigenvalue weighted by Crippen LogP contribution is -1.94. The van der Waals surface area contributed by atoms with Gasteiger partial charge in [0.2, 0.25) is 0 Å². The summed E-state index contributed by atoms with van der Waals surface area (Å²) in [5.41, 5.74) is 6.34. The topological polar surface area (TPSA) is 70.3 Å². The van der Waals surface area contributed by atoms with Gasteiger partial charge in [-0.15, -0.1) is 10.2 Å². The molecule has 0 bridgehead atoms. The van der Waals surface area contributed by atoms with Crippen molar-refractivity contribution in [3.8, 4) is 22.1 Å². The van der Waals surface area contributed by atoms with Gasteiger partial charge in [-0.05, 0) is 12.1 Å². The van der Waals surface area contributed by atoms with Gasteiger partial charge >= 0.3 is 0 Å². The minimum absolute atomic E-state index is 0.384. The largest absolute Gasteiger partial charge is 0.496 e. The van der Waals surface area contributed by atoms with Gasteiger partial charge in [-0.1, -0.05) is 17.4 Å². The van der Waals surface area contributed by atoms with E-state index in [0.29, 0.717) is 18.0 Å². The summed E-state index contributed by atoms with van der Waals surface area (Å²) in [6.45, 7) is 0.384. The summed E-state index contributed by atoms with van der Waals surface area (Å²) in [5.74, 6) is 1.42. The predicted molar refractivity (Wildman–Crippen MR) is 66.3 cm³/mol. The third-order valence-electron chi connectivity index (χ3n) is 2.28. The summed E-state index contributed by atoms with van der Waals surface area (Å²) in [6.07, 6.45) is 0. The molecule has 1 aromatic carbocycles. The molecule has 1 heterocycles. The van der Waals surface area contributed by atoms with Gasteiger partial charge in [0, 0.05) is 6.54 Å². The van der Waals surface area contributed by atoms with E-state index in [4.69, 9.17) is 15.2 Å². The van der Waals surface area contributed by atoms with Gasteiger partial charge in [0.25, 0.3) is 0 Å². The molecule has 6 heteroatoms. The fraction of sp³-hybridized carbons (Fsp3) is 0.273. The lowest BCUT2D eigenvalue weighted by molar-refractivity contribution is 0.397. The minimum Gasteiger partial charge on any atom is -0.496 e. The Bertz CT molecular complexity index is 491. The number of methoxy groups -OCH3 is 2. The maximum Gasteiger partial charge on any atom is 0.155 e. The van der Waals surface area contributed by atoms with Crippen LogP contribution < -0.4 is 15.2 Å².